The monoisotopic (exact) mass is 380 g/mol. The van der Waals surface area contributed by atoms with Gasteiger partial charge in [-0.3, -0.25) is 4.79 Å². The van der Waals surface area contributed by atoms with Crippen molar-refractivity contribution in [1.82, 2.24) is 10.2 Å². The number of hydrogen-bond acceptors (Lipinski definition) is 3. The second-order valence-corrected chi connectivity index (χ2v) is 8.11. The summed E-state index contributed by atoms with van der Waals surface area (Å²) in [7, 11) is 3.57. The van der Waals surface area contributed by atoms with Gasteiger partial charge in [0.2, 0.25) is 0 Å². The normalized spacial score (nSPS) is 26.9. The molecule has 1 aromatic rings. The number of carbonyl (C=O) groups is 2. The van der Waals surface area contributed by atoms with Gasteiger partial charge in [0.15, 0.2) is 6.67 Å². The second kappa shape index (κ2) is 7.45. The van der Waals surface area contributed by atoms with Crippen LogP contribution in [0.2, 0.25) is 5.02 Å². The summed E-state index contributed by atoms with van der Waals surface area (Å²) in [5.41, 5.74) is 0.267. The number of halogens is 1. The van der Waals surface area contributed by atoms with Crippen LogP contribution in [0.15, 0.2) is 18.2 Å². The molecule has 26 heavy (non-hydrogen) atoms. The molecule has 1 unspecified atom stereocenters. The number of hydrogen-bond donors (Lipinski definition) is 2. The highest BCUT2D eigenvalue weighted by molar-refractivity contribution is 6.30. The van der Waals surface area contributed by atoms with E-state index in [1.807, 2.05) is 19.2 Å². The highest BCUT2D eigenvalue weighted by Crippen LogP contribution is 2.36. The molecule has 3 rings (SSSR count). The molecule has 3 amide bonds. The number of ether oxygens (including phenoxy) is 1. The number of urea groups is 1. The largest absolute Gasteiger partial charge is 0.496 e. The Morgan fingerprint density at radius 2 is 2.04 bits per heavy atom. The first-order valence-corrected chi connectivity index (χ1v) is 9.50. The number of carbonyl (C=O) groups excluding carboxylic acids is 2. The summed E-state index contributed by atoms with van der Waals surface area (Å²) < 4.78 is 5.38. The van der Waals surface area contributed by atoms with Crippen molar-refractivity contribution in [2.24, 2.45) is 5.92 Å². The van der Waals surface area contributed by atoms with Gasteiger partial charge >= 0.3 is 6.03 Å². The quantitative estimate of drug-likeness (QED) is 0.766. The maximum Gasteiger partial charge on any atom is 0.329 e. The van der Waals surface area contributed by atoms with Gasteiger partial charge < -0.3 is 15.0 Å². The van der Waals surface area contributed by atoms with Gasteiger partial charge in [-0.1, -0.05) is 18.5 Å². The second-order valence-electron chi connectivity index (χ2n) is 7.68. The van der Waals surface area contributed by atoms with Crippen LogP contribution >= 0.6 is 11.6 Å². The molecule has 6 nitrogen and oxygen atoms in total. The average molecular weight is 381 g/mol. The van der Waals surface area contributed by atoms with Gasteiger partial charge in [0.1, 0.15) is 17.8 Å². The van der Waals surface area contributed by atoms with Crippen LogP contribution < -0.4 is 15.0 Å². The van der Waals surface area contributed by atoms with Gasteiger partial charge in [0.05, 0.1) is 14.2 Å². The Kier molecular flexibility index (Phi) is 5.44. The lowest BCUT2D eigenvalue weighted by Crippen LogP contribution is -3.09. The number of rotatable bonds is 5. The van der Waals surface area contributed by atoms with Gasteiger partial charge in [-0.25, -0.2) is 9.69 Å². The minimum atomic E-state index is -0.683. The van der Waals surface area contributed by atoms with Crippen LogP contribution in [0.1, 0.15) is 38.2 Å². The molecule has 2 fully saturated rings. The predicted molar refractivity (Wildman–Crippen MR) is 99.2 cm³/mol. The molecule has 1 aliphatic heterocycles. The number of quaternary nitrogens is 1. The van der Waals surface area contributed by atoms with Gasteiger partial charge in [0.25, 0.3) is 5.91 Å². The molecule has 0 aromatic heterocycles. The van der Waals surface area contributed by atoms with E-state index in [4.69, 9.17) is 16.3 Å². The summed E-state index contributed by atoms with van der Waals surface area (Å²) in [5, 5.41) is 3.61. The van der Waals surface area contributed by atoms with Crippen molar-refractivity contribution in [2.75, 3.05) is 20.8 Å². The van der Waals surface area contributed by atoms with Crippen molar-refractivity contribution < 1.29 is 19.2 Å². The van der Waals surface area contributed by atoms with Crippen LogP contribution in [-0.2, 0) is 11.3 Å². The van der Waals surface area contributed by atoms with Crippen LogP contribution in [0.3, 0.4) is 0 Å². The maximum absolute atomic E-state index is 12.9. The molecule has 0 bridgehead atoms. The van der Waals surface area contributed by atoms with Gasteiger partial charge in [0, 0.05) is 10.6 Å². The first-order valence-electron chi connectivity index (χ1n) is 9.12. The third-order valence-electron chi connectivity index (χ3n) is 5.54. The molecular formula is C19H27ClN3O3+. The summed E-state index contributed by atoms with van der Waals surface area (Å²) >= 11 is 6.09. The van der Waals surface area contributed by atoms with Crippen molar-refractivity contribution in [2.45, 2.75) is 44.7 Å². The van der Waals surface area contributed by atoms with Gasteiger partial charge in [-0.2, -0.15) is 0 Å². The smallest absolute Gasteiger partial charge is 0.329 e. The molecule has 7 heteroatoms. The van der Waals surface area contributed by atoms with E-state index in [2.05, 4.69) is 12.2 Å². The van der Waals surface area contributed by atoms with Crippen molar-refractivity contribution >= 4 is 23.5 Å². The number of nitrogens with one attached hydrogen (secondary N) is 2. The first kappa shape index (κ1) is 19.0. The van der Waals surface area contributed by atoms with E-state index in [-0.39, 0.29) is 11.9 Å². The van der Waals surface area contributed by atoms with E-state index in [1.165, 1.54) is 4.90 Å². The minimum absolute atomic E-state index is 0.0770. The maximum atomic E-state index is 12.9. The number of imide groups is 1. The van der Waals surface area contributed by atoms with Crippen molar-refractivity contribution in [3.05, 3.63) is 28.8 Å². The van der Waals surface area contributed by atoms with E-state index >= 15 is 0 Å². The Hall–Kier alpha value is -1.79. The summed E-state index contributed by atoms with van der Waals surface area (Å²) in [4.78, 5) is 27.8. The fraction of sp³-hybridized carbons (Fsp3) is 0.579. The Balaban J connectivity index is 1.68. The molecule has 142 valence electrons. The number of methoxy groups -OCH3 is 1. The number of amides is 3. The van der Waals surface area contributed by atoms with Crippen LogP contribution in [-0.4, -0.2) is 43.2 Å². The van der Waals surface area contributed by atoms with Gasteiger partial charge in [-0.15, -0.1) is 0 Å². The van der Waals surface area contributed by atoms with E-state index in [0.717, 1.165) is 41.9 Å². The van der Waals surface area contributed by atoms with Crippen LogP contribution in [0.25, 0.3) is 0 Å². The summed E-state index contributed by atoms with van der Waals surface area (Å²) in [6.07, 6.45) is 3.41. The third-order valence-corrected chi connectivity index (χ3v) is 5.77. The van der Waals surface area contributed by atoms with Crippen molar-refractivity contribution in [1.29, 1.82) is 0 Å². The lowest BCUT2D eigenvalue weighted by molar-refractivity contribution is -0.901. The van der Waals surface area contributed by atoms with E-state index in [1.54, 1.807) is 13.2 Å². The molecule has 1 saturated heterocycles. The highest BCUT2D eigenvalue weighted by atomic mass is 35.5. The SMILES string of the molecule is COc1ccc(Cl)cc1C[NH+](C)CN1C(=O)NC2(CCC(C)CC2)C1=O. The third kappa shape index (κ3) is 3.67. The van der Waals surface area contributed by atoms with Crippen molar-refractivity contribution in [3.8, 4) is 5.75 Å². The standard InChI is InChI=1S/C19H26ClN3O3/c1-13-6-8-19(9-7-13)17(24)23(18(25)21-19)12-22(2)11-14-10-15(20)4-5-16(14)26-3/h4-5,10,13H,6-9,11-12H2,1-3H3,(H,21,25)/p+1. The molecular weight excluding hydrogens is 354 g/mol. The molecule has 1 heterocycles. The molecule has 2 aliphatic rings. The topological polar surface area (TPSA) is 63.1 Å². The van der Waals surface area contributed by atoms with E-state index < -0.39 is 5.54 Å². The molecule has 0 radical (unpaired) electrons. The summed E-state index contributed by atoms with van der Waals surface area (Å²) in [6, 6.07) is 5.20. The van der Waals surface area contributed by atoms with E-state index in [9.17, 15) is 9.59 Å². The zero-order valence-corrected chi connectivity index (χ0v) is 16.4. The zero-order valence-electron chi connectivity index (χ0n) is 15.6. The molecule has 1 aromatic carbocycles. The Morgan fingerprint density at radius 1 is 1.35 bits per heavy atom. The van der Waals surface area contributed by atoms with Gasteiger partial charge in [-0.05, 0) is 49.8 Å². The van der Waals surface area contributed by atoms with Crippen LogP contribution in [0.4, 0.5) is 4.79 Å². The first-order chi connectivity index (χ1) is 12.3. The van der Waals surface area contributed by atoms with Crippen molar-refractivity contribution in [3.63, 3.8) is 0 Å². The molecule has 1 spiro atoms. The average Bonchev–Trinajstić information content (AvgIpc) is 2.82. The zero-order chi connectivity index (χ0) is 18.9. The Morgan fingerprint density at radius 3 is 2.69 bits per heavy atom. The number of nitrogens with zero attached hydrogens (tertiary/aromatic N) is 1. The molecule has 2 N–H and O–H groups in total. The molecule has 1 saturated carbocycles. The van der Waals surface area contributed by atoms with Crippen LogP contribution in [0, 0.1) is 5.92 Å². The highest BCUT2D eigenvalue weighted by Gasteiger charge is 2.52. The molecule has 1 aliphatic carbocycles. The fourth-order valence-corrected chi connectivity index (χ4v) is 4.14. The fourth-order valence-electron chi connectivity index (χ4n) is 3.95. The lowest BCUT2D eigenvalue weighted by atomic mass is 9.77. The number of benzene rings is 1. The minimum Gasteiger partial charge on any atom is -0.496 e. The lowest BCUT2D eigenvalue weighted by Gasteiger charge is -2.33. The Labute approximate surface area is 159 Å². The predicted octanol–water partition coefficient (Wildman–Crippen LogP) is 1.82. The van der Waals surface area contributed by atoms with E-state index in [0.29, 0.717) is 24.2 Å². The molecule has 1 atom stereocenters. The van der Waals surface area contributed by atoms with Crippen LogP contribution in [0.5, 0.6) is 5.75 Å². The Bertz CT molecular complexity index is 701. The summed E-state index contributed by atoms with van der Waals surface area (Å²) in [6.45, 7) is 3.12. The summed E-state index contributed by atoms with van der Waals surface area (Å²) in [5.74, 6) is 1.29.